The summed E-state index contributed by atoms with van der Waals surface area (Å²) in [5.74, 6) is 1.79. The number of anilines is 2. The highest BCUT2D eigenvalue weighted by molar-refractivity contribution is 6.03. The van der Waals surface area contributed by atoms with Crippen LogP contribution < -0.4 is 15.4 Å². The van der Waals surface area contributed by atoms with Gasteiger partial charge in [0, 0.05) is 18.3 Å². The van der Waals surface area contributed by atoms with Crippen LogP contribution in [0.15, 0.2) is 54.6 Å². The van der Waals surface area contributed by atoms with Gasteiger partial charge in [0.25, 0.3) is 5.91 Å². The molecule has 0 bridgehead atoms. The molecule has 0 aliphatic rings. The maximum atomic E-state index is 12.7. The summed E-state index contributed by atoms with van der Waals surface area (Å²) in [6, 6.07) is 17.4. The summed E-state index contributed by atoms with van der Waals surface area (Å²) in [5, 5.41) is 6.24. The van der Waals surface area contributed by atoms with Gasteiger partial charge in [0.2, 0.25) is 0 Å². The minimum atomic E-state index is -0.241. The van der Waals surface area contributed by atoms with Crippen LogP contribution in [-0.2, 0) is 12.8 Å². The van der Waals surface area contributed by atoms with Gasteiger partial charge >= 0.3 is 0 Å². The molecule has 0 aliphatic heterocycles. The van der Waals surface area contributed by atoms with Gasteiger partial charge in [-0.15, -0.1) is 0 Å². The van der Waals surface area contributed by atoms with Gasteiger partial charge in [-0.25, -0.2) is 9.97 Å². The van der Waals surface area contributed by atoms with Gasteiger partial charge < -0.3 is 15.4 Å². The average molecular weight is 390 g/mol. The Morgan fingerprint density at radius 1 is 1.07 bits per heavy atom. The molecule has 0 radical (unpaired) electrons. The van der Waals surface area contributed by atoms with Gasteiger partial charge in [-0.2, -0.15) is 0 Å². The number of ether oxygens (including phenoxy) is 1. The van der Waals surface area contributed by atoms with Crippen molar-refractivity contribution in [3.63, 3.8) is 0 Å². The number of carbonyl (C=O) groups excluding carboxylic acids is 1. The molecule has 0 saturated heterocycles. The van der Waals surface area contributed by atoms with E-state index in [0.29, 0.717) is 23.9 Å². The topological polar surface area (TPSA) is 76.1 Å². The van der Waals surface area contributed by atoms with Crippen LogP contribution in [0.3, 0.4) is 0 Å². The molecule has 0 atom stereocenters. The Morgan fingerprint density at radius 2 is 1.83 bits per heavy atom. The van der Waals surface area contributed by atoms with E-state index in [1.165, 1.54) is 5.56 Å². The largest absolute Gasteiger partial charge is 0.497 e. The van der Waals surface area contributed by atoms with Crippen molar-refractivity contribution in [1.29, 1.82) is 0 Å². The fraction of sp³-hybridized carbons (Fsp3) is 0.261. The van der Waals surface area contributed by atoms with Crippen LogP contribution in [0.2, 0.25) is 0 Å². The van der Waals surface area contributed by atoms with Crippen molar-refractivity contribution in [1.82, 2.24) is 9.97 Å². The Bertz CT molecular complexity index is 971. The normalized spacial score (nSPS) is 10.4. The summed E-state index contributed by atoms with van der Waals surface area (Å²) in [6.45, 7) is 4.54. The first-order chi connectivity index (χ1) is 14.1. The number of hydrogen-bond acceptors (Lipinski definition) is 5. The summed E-state index contributed by atoms with van der Waals surface area (Å²) in [4.78, 5) is 21.4. The average Bonchev–Trinajstić information content (AvgIpc) is 2.74. The highest BCUT2D eigenvalue weighted by atomic mass is 16.5. The summed E-state index contributed by atoms with van der Waals surface area (Å²) in [5.41, 5.74) is 3.43. The minimum absolute atomic E-state index is 0.241. The second kappa shape index (κ2) is 9.68. The molecule has 1 amide bonds. The van der Waals surface area contributed by atoms with E-state index < -0.39 is 0 Å². The molecular formula is C23H26N4O2. The van der Waals surface area contributed by atoms with Crippen molar-refractivity contribution in [3.8, 4) is 5.75 Å². The fourth-order valence-electron chi connectivity index (χ4n) is 3.04. The zero-order valence-corrected chi connectivity index (χ0v) is 17.0. The quantitative estimate of drug-likeness (QED) is 0.601. The smallest absolute Gasteiger partial charge is 0.274 e. The van der Waals surface area contributed by atoms with Crippen molar-refractivity contribution in [2.75, 3.05) is 24.3 Å². The molecule has 6 heteroatoms. The van der Waals surface area contributed by atoms with E-state index in [0.717, 1.165) is 29.8 Å². The molecule has 3 rings (SSSR count). The van der Waals surface area contributed by atoms with Gasteiger partial charge in [0.05, 0.1) is 7.11 Å². The molecule has 29 heavy (non-hydrogen) atoms. The number of rotatable bonds is 8. The van der Waals surface area contributed by atoms with E-state index in [9.17, 15) is 4.79 Å². The van der Waals surface area contributed by atoms with Gasteiger partial charge in [-0.1, -0.05) is 37.3 Å². The second-order valence-electron chi connectivity index (χ2n) is 6.68. The van der Waals surface area contributed by atoms with Crippen molar-refractivity contribution in [2.24, 2.45) is 0 Å². The lowest BCUT2D eigenvalue weighted by atomic mass is 10.1. The third-order valence-corrected chi connectivity index (χ3v) is 4.60. The molecule has 6 nitrogen and oxygen atoms in total. The minimum Gasteiger partial charge on any atom is -0.497 e. The maximum absolute atomic E-state index is 12.7. The lowest BCUT2D eigenvalue weighted by Crippen LogP contribution is -2.17. The van der Waals surface area contributed by atoms with Crippen molar-refractivity contribution < 1.29 is 9.53 Å². The first-order valence-electron chi connectivity index (χ1n) is 9.70. The predicted octanol–water partition coefficient (Wildman–Crippen LogP) is 4.26. The van der Waals surface area contributed by atoms with Crippen molar-refractivity contribution in [3.05, 3.63) is 77.2 Å². The molecular weight excluding hydrogens is 364 g/mol. The van der Waals surface area contributed by atoms with E-state index in [-0.39, 0.29) is 5.91 Å². The lowest BCUT2D eigenvalue weighted by molar-refractivity contribution is 0.102. The van der Waals surface area contributed by atoms with Crippen molar-refractivity contribution >= 4 is 17.4 Å². The van der Waals surface area contributed by atoms with E-state index in [1.807, 2.05) is 48.5 Å². The van der Waals surface area contributed by atoms with E-state index in [2.05, 4.69) is 27.5 Å². The Hall–Kier alpha value is -3.41. The number of methoxy groups -OCH3 is 1. The summed E-state index contributed by atoms with van der Waals surface area (Å²) in [6.07, 6.45) is 1.68. The number of hydrogen-bond donors (Lipinski definition) is 2. The SMILES string of the molecule is CCc1ccccc1NC(=O)c1cc(NCCc2ccc(OC)cc2)nc(C)n1. The molecule has 0 unspecified atom stereocenters. The molecule has 0 fully saturated rings. The van der Waals surface area contributed by atoms with Gasteiger partial charge in [-0.05, 0) is 49.1 Å². The Morgan fingerprint density at radius 3 is 2.55 bits per heavy atom. The monoisotopic (exact) mass is 390 g/mol. The molecule has 1 aromatic heterocycles. The third-order valence-electron chi connectivity index (χ3n) is 4.60. The molecule has 2 N–H and O–H groups in total. The van der Waals surface area contributed by atoms with Crippen LogP contribution in [0.1, 0.15) is 34.4 Å². The molecule has 0 aliphatic carbocycles. The highest BCUT2D eigenvalue weighted by Crippen LogP contribution is 2.17. The molecule has 0 saturated carbocycles. The van der Waals surface area contributed by atoms with E-state index in [4.69, 9.17) is 4.74 Å². The summed E-state index contributed by atoms with van der Waals surface area (Å²) in [7, 11) is 1.66. The molecule has 3 aromatic rings. The van der Waals surface area contributed by atoms with Crippen LogP contribution in [0.25, 0.3) is 0 Å². The lowest BCUT2D eigenvalue weighted by Gasteiger charge is -2.11. The second-order valence-corrected chi connectivity index (χ2v) is 6.68. The number of amides is 1. The zero-order valence-electron chi connectivity index (χ0n) is 17.0. The number of aromatic nitrogens is 2. The maximum Gasteiger partial charge on any atom is 0.274 e. The number of nitrogens with zero attached hydrogens (tertiary/aromatic N) is 2. The van der Waals surface area contributed by atoms with Crippen molar-refractivity contribution in [2.45, 2.75) is 26.7 Å². The van der Waals surface area contributed by atoms with E-state index >= 15 is 0 Å². The Kier molecular flexibility index (Phi) is 6.79. The number of nitrogens with one attached hydrogen (secondary N) is 2. The first-order valence-corrected chi connectivity index (χ1v) is 9.70. The van der Waals surface area contributed by atoms with Crippen LogP contribution in [0.4, 0.5) is 11.5 Å². The van der Waals surface area contributed by atoms with Crippen LogP contribution >= 0.6 is 0 Å². The highest BCUT2D eigenvalue weighted by Gasteiger charge is 2.12. The van der Waals surface area contributed by atoms with E-state index in [1.54, 1.807) is 20.1 Å². The van der Waals surface area contributed by atoms with Gasteiger partial charge in [0.15, 0.2) is 0 Å². The van der Waals surface area contributed by atoms with Crippen LogP contribution in [0.5, 0.6) is 5.75 Å². The van der Waals surface area contributed by atoms with Gasteiger partial charge in [-0.3, -0.25) is 4.79 Å². The van der Waals surface area contributed by atoms with Gasteiger partial charge in [0.1, 0.15) is 23.1 Å². The summed E-state index contributed by atoms with van der Waals surface area (Å²) < 4.78 is 5.18. The van der Waals surface area contributed by atoms with Crippen LogP contribution in [-0.4, -0.2) is 29.5 Å². The molecule has 1 heterocycles. The zero-order chi connectivity index (χ0) is 20.6. The van der Waals surface area contributed by atoms with Crippen LogP contribution in [0, 0.1) is 6.92 Å². The third kappa shape index (κ3) is 5.54. The standard InChI is InChI=1S/C23H26N4O2/c1-4-18-7-5-6-8-20(18)27-23(28)21-15-22(26-16(2)25-21)24-14-13-17-9-11-19(29-3)12-10-17/h5-12,15H,4,13-14H2,1-3H3,(H,27,28)(H,24,25,26). The molecule has 150 valence electrons. The number of aryl methyl sites for hydroxylation is 2. The molecule has 0 spiro atoms. The summed E-state index contributed by atoms with van der Waals surface area (Å²) >= 11 is 0. The first kappa shape index (κ1) is 20.3. The number of para-hydroxylation sites is 1. The molecule has 2 aromatic carbocycles. The predicted molar refractivity (Wildman–Crippen MR) is 116 cm³/mol. The Balaban J connectivity index is 1.64. The number of carbonyl (C=O) groups is 1. The fourth-order valence-corrected chi connectivity index (χ4v) is 3.04. The Labute approximate surface area is 171 Å². The number of benzene rings is 2.